The molecule has 1 aromatic rings. The third kappa shape index (κ3) is 3.35. The van der Waals surface area contributed by atoms with E-state index < -0.39 is 23.0 Å². The van der Waals surface area contributed by atoms with Crippen molar-refractivity contribution in [3.8, 4) is 6.07 Å². The summed E-state index contributed by atoms with van der Waals surface area (Å²) in [4.78, 5) is 36.5. The van der Waals surface area contributed by atoms with Gasteiger partial charge in [-0.1, -0.05) is 12.1 Å². The molecule has 1 unspecified atom stereocenters. The van der Waals surface area contributed by atoms with Crippen LogP contribution in [0.1, 0.15) is 31.4 Å². The van der Waals surface area contributed by atoms with Crippen LogP contribution in [0.4, 0.5) is 15.3 Å². The van der Waals surface area contributed by atoms with Crippen LogP contribution in [0.2, 0.25) is 0 Å². The topological polar surface area (TPSA) is 128 Å². The number of non-ortho nitro benzene ring substituents is 1. The summed E-state index contributed by atoms with van der Waals surface area (Å²) >= 11 is 0. The number of nitrogens with zero attached hydrogens (tertiary/aromatic N) is 3. The van der Waals surface area contributed by atoms with Crippen molar-refractivity contribution in [2.75, 3.05) is 6.54 Å². The molecule has 0 saturated heterocycles. The van der Waals surface area contributed by atoms with Gasteiger partial charge in [0.25, 0.3) is 5.69 Å². The molecule has 1 atom stereocenters. The Morgan fingerprint density at radius 1 is 1.50 bits per heavy atom. The number of nitro benzene ring substituents is 1. The summed E-state index contributed by atoms with van der Waals surface area (Å²) in [5.41, 5.74) is 0.625. The molecular weight excluding hydrogens is 338 g/mol. The van der Waals surface area contributed by atoms with E-state index in [0.717, 1.165) is 17.7 Å². The molecule has 2 aliphatic rings. The van der Waals surface area contributed by atoms with Gasteiger partial charge in [0.2, 0.25) is 0 Å². The number of urea groups is 2. The van der Waals surface area contributed by atoms with Crippen LogP contribution in [-0.4, -0.2) is 28.4 Å². The zero-order valence-corrected chi connectivity index (χ0v) is 14.1. The monoisotopic (exact) mass is 355 g/mol. The molecule has 3 rings (SSSR count). The number of rotatable bonds is 4. The van der Waals surface area contributed by atoms with E-state index in [1.807, 2.05) is 6.07 Å². The maximum atomic E-state index is 12.6. The Kier molecular flexibility index (Phi) is 4.58. The van der Waals surface area contributed by atoms with Gasteiger partial charge in [0.1, 0.15) is 6.04 Å². The molecular formula is C17H17N5O4. The minimum atomic E-state index is -1.02. The molecule has 0 spiro atoms. The van der Waals surface area contributed by atoms with E-state index in [-0.39, 0.29) is 11.3 Å². The summed E-state index contributed by atoms with van der Waals surface area (Å²) in [5, 5.41) is 25.8. The van der Waals surface area contributed by atoms with Gasteiger partial charge < -0.3 is 10.6 Å². The second kappa shape index (κ2) is 6.84. The third-order valence-electron chi connectivity index (χ3n) is 4.42. The zero-order valence-electron chi connectivity index (χ0n) is 14.1. The average molecular weight is 355 g/mol. The predicted octanol–water partition coefficient (Wildman–Crippen LogP) is 2.58. The lowest BCUT2D eigenvalue weighted by atomic mass is 9.94. The van der Waals surface area contributed by atoms with Gasteiger partial charge >= 0.3 is 12.1 Å². The van der Waals surface area contributed by atoms with Gasteiger partial charge in [0, 0.05) is 24.4 Å². The molecule has 0 radical (unpaired) electrons. The molecule has 4 amide bonds. The van der Waals surface area contributed by atoms with E-state index in [4.69, 9.17) is 0 Å². The van der Waals surface area contributed by atoms with Crippen molar-refractivity contribution in [2.24, 2.45) is 5.92 Å². The lowest BCUT2D eigenvalue weighted by molar-refractivity contribution is -0.384. The molecule has 2 N–H and O–H groups in total. The fourth-order valence-electron chi connectivity index (χ4n) is 2.86. The van der Waals surface area contributed by atoms with Gasteiger partial charge in [0.15, 0.2) is 0 Å². The van der Waals surface area contributed by atoms with Gasteiger partial charge in [0.05, 0.1) is 16.6 Å². The molecule has 26 heavy (non-hydrogen) atoms. The number of nitrogens with one attached hydrogen (secondary N) is 2. The first-order chi connectivity index (χ1) is 12.4. The Bertz CT molecular complexity index is 853. The number of hydrogen-bond donors (Lipinski definition) is 2. The number of benzene rings is 1. The van der Waals surface area contributed by atoms with Gasteiger partial charge in [-0.25, -0.2) is 14.5 Å². The molecule has 9 nitrogen and oxygen atoms in total. The second-order valence-corrected chi connectivity index (χ2v) is 6.33. The summed E-state index contributed by atoms with van der Waals surface area (Å²) in [5.74, 6) is 0.413. The molecule has 134 valence electrons. The molecule has 0 bridgehead atoms. The van der Waals surface area contributed by atoms with Crippen LogP contribution in [0.25, 0.3) is 0 Å². The summed E-state index contributed by atoms with van der Waals surface area (Å²) in [6.07, 6.45) is 2.06. The van der Waals surface area contributed by atoms with Crippen molar-refractivity contribution < 1.29 is 14.5 Å². The van der Waals surface area contributed by atoms with E-state index in [1.165, 1.54) is 18.2 Å². The number of carbonyl (C=O) groups is 2. The van der Waals surface area contributed by atoms with Crippen LogP contribution >= 0.6 is 0 Å². The molecule has 1 saturated carbocycles. The fourth-order valence-corrected chi connectivity index (χ4v) is 2.86. The first-order valence-corrected chi connectivity index (χ1v) is 8.15. The van der Waals surface area contributed by atoms with Gasteiger partial charge in [-0.2, -0.15) is 5.26 Å². The predicted molar refractivity (Wildman–Crippen MR) is 90.6 cm³/mol. The Balaban J connectivity index is 2.01. The molecule has 0 aromatic heterocycles. The molecule has 1 aromatic carbocycles. The molecule has 1 aliphatic heterocycles. The molecule has 1 fully saturated rings. The summed E-state index contributed by atoms with van der Waals surface area (Å²) in [6, 6.07) is 5.28. The van der Waals surface area contributed by atoms with E-state index in [2.05, 4.69) is 10.6 Å². The number of nitro groups is 1. The van der Waals surface area contributed by atoms with E-state index in [1.54, 1.807) is 13.0 Å². The number of hydrogen-bond acceptors (Lipinski definition) is 5. The highest BCUT2D eigenvalue weighted by Crippen LogP contribution is 2.35. The smallest absolute Gasteiger partial charge is 0.330 e. The fraction of sp³-hybridized carbons (Fsp3) is 0.353. The van der Waals surface area contributed by atoms with Crippen molar-refractivity contribution in [3.63, 3.8) is 0 Å². The number of imide groups is 1. The molecule has 1 heterocycles. The van der Waals surface area contributed by atoms with Crippen LogP contribution in [-0.2, 0) is 0 Å². The van der Waals surface area contributed by atoms with Crippen molar-refractivity contribution in [2.45, 2.75) is 25.8 Å². The maximum absolute atomic E-state index is 12.6. The minimum Gasteiger partial charge on any atom is -0.337 e. The number of amides is 4. The van der Waals surface area contributed by atoms with Crippen LogP contribution < -0.4 is 10.6 Å². The summed E-state index contributed by atoms with van der Waals surface area (Å²) < 4.78 is 0. The first kappa shape index (κ1) is 17.4. The second-order valence-electron chi connectivity index (χ2n) is 6.33. The summed E-state index contributed by atoms with van der Waals surface area (Å²) in [7, 11) is 0. The van der Waals surface area contributed by atoms with Gasteiger partial charge in [-0.05, 0) is 31.2 Å². The third-order valence-corrected chi connectivity index (χ3v) is 4.42. The highest BCUT2D eigenvalue weighted by molar-refractivity contribution is 5.96. The first-order valence-electron chi connectivity index (χ1n) is 8.15. The SMILES string of the molecule is CC1=C(C#N)C(c2cccc([N+](=O)[O-])c2)N(C(=O)NCC2CC2)C(=O)N1. The van der Waals surface area contributed by atoms with Gasteiger partial charge in [-0.3, -0.25) is 10.1 Å². The van der Waals surface area contributed by atoms with Crippen molar-refractivity contribution in [1.82, 2.24) is 15.5 Å². The molecule has 1 aliphatic carbocycles. The van der Waals surface area contributed by atoms with Crippen LogP contribution in [0.3, 0.4) is 0 Å². The lowest BCUT2D eigenvalue weighted by Gasteiger charge is -2.34. The van der Waals surface area contributed by atoms with Gasteiger partial charge in [-0.15, -0.1) is 0 Å². The number of carbonyl (C=O) groups excluding carboxylic acids is 2. The number of allylic oxidation sites excluding steroid dienone is 1. The van der Waals surface area contributed by atoms with E-state index >= 15 is 0 Å². The van der Waals surface area contributed by atoms with Crippen molar-refractivity contribution in [3.05, 3.63) is 51.2 Å². The van der Waals surface area contributed by atoms with E-state index in [0.29, 0.717) is 23.7 Å². The van der Waals surface area contributed by atoms with Crippen LogP contribution in [0.5, 0.6) is 0 Å². The Labute approximate surface area is 149 Å². The standard InChI is InChI=1S/C17H17N5O4/c1-10-14(8-18)15(12-3-2-4-13(7-12)22(25)26)21(17(24)20-10)16(23)19-9-11-5-6-11/h2-4,7,11,15H,5-6,9H2,1H3,(H,19,23)(H,20,24). The van der Waals surface area contributed by atoms with Crippen LogP contribution in [0, 0.1) is 27.4 Å². The summed E-state index contributed by atoms with van der Waals surface area (Å²) in [6.45, 7) is 2.01. The highest BCUT2D eigenvalue weighted by atomic mass is 16.6. The largest absolute Gasteiger partial charge is 0.337 e. The van der Waals surface area contributed by atoms with E-state index in [9.17, 15) is 25.0 Å². The Morgan fingerprint density at radius 2 is 2.23 bits per heavy atom. The minimum absolute atomic E-state index is 0.159. The normalized spacial score (nSPS) is 19.6. The average Bonchev–Trinajstić information content (AvgIpc) is 3.43. The molecule has 9 heteroatoms. The van der Waals surface area contributed by atoms with Crippen molar-refractivity contribution >= 4 is 17.7 Å². The zero-order chi connectivity index (χ0) is 18.8. The highest BCUT2D eigenvalue weighted by Gasteiger charge is 2.39. The Morgan fingerprint density at radius 3 is 2.85 bits per heavy atom. The quantitative estimate of drug-likeness (QED) is 0.633. The lowest BCUT2D eigenvalue weighted by Crippen LogP contribution is -2.53. The van der Waals surface area contributed by atoms with Crippen LogP contribution in [0.15, 0.2) is 35.5 Å². The Hall–Kier alpha value is -3.41. The maximum Gasteiger partial charge on any atom is 0.330 e. The number of nitriles is 1. The van der Waals surface area contributed by atoms with Crippen molar-refractivity contribution in [1.29, 1.82) is 5.26 Å².